The normalized spacial score (nSPS) is 10.8. The Labute approximate surface area is 146 Å². The van der Waals surface area contributed by atoms with Crippen LogP contribution in [0.15, 0.2) is 47.1 Å². The predicted octanol–water partition coefficient (Wildman–Crippen LogP) is 3.11. The predicted molar refractivity (Wildman–Crippen MR) is 94.2 cm³/mol. The molecule has 1 N–H and O–H groups in total. The van der Waals surface area contributed by atoms with E-state index in [1.165, 1.54) is 0 Å². The van der Waals surface area contributed by atoms with Crippen LogP contribution >= 0.6 is 0 Å². The molecular weight excluding hydrogens is 316 g/mol. The fourth-order valence-electron chi connectivity index (χ4n) is 2.69. The largest absolute Gasteiger partial charge is 0.361 e. The number of nitrogens with one attached hydrogen (secondary N) is 1. The van der Waals surface area contributed by atoms with E-state index in [2.05, 4.69) is 22.5 Å². The zero-order valence-electron chi connectivity index (χ0n) is 14.5. The molecule has 3 rings (SSSR count). The number of benzene rings is 1. The molecule has 0 aliphatic heterocycles. The van der Waals surface area contributed by atoms with Crippen LogP contribution in [0, 0.1) is 6.92 Å². The molecule has 0 atom stereocenters. The van der Waals surface area contributed by atoms with Crippen LogP contribution in [0.3, 0.4) is 0 Å². The van der Waals surface area contributed by atoms with Gasteiger partial charge in [-0.1, -0.05) is 48.8 Å². The first-order valence-corrected chi connectivity index (χ1v) is 8.46. The van der Waals surface area contributed by atoms with Crippen LogP contribution in [0.4, 0.5) is 0 Å². The Morgan fingerprint density at radius 1 is 1.28 bits per heavy atom. The van der Waals surface area contributed by atoms with Crippen molar-refractivity contribution in [3.63, 3.8) is 0 Å². The van der Waals surface area contributed by atoms with Crippen molar-refractivity contribution in [2.75, 3.05) is 0 Å². The molecule has 0 saturated carbocycles. The van der Waals surface area contributed by atoms with Crippen molar-refractivity contribution in [1.82, 2.24) is 20.3 Å². The molecule has 1 aromatic carbocycles. The SMILES string of the molecule is CCCc1nn(Cc2ccccc2)cc1C(=O)NCc1cc(C)on1. The molecule has 0 aliphatic rings. The van der Waals surface area contributed by atoms with E-state index in [0.29, 0.717) is 24.3 Å². The van der Waals surface area contributed by atoms with Crippen LogP contribution in [0.2, 0.25) is 0 Å². The van der Waals surface area contributed by atoms with Crippen molar-refractivity contribution in [3.05, 3.63) is 70.9 Å². The molecule has 6 heteroatoms. The molecule has 0 bridgehead atoms. The number of aryl methyl sites for hydroxylation is 2. The molecule has 0 saturated heterocycles. The van der Waals surface area contributed by atoms with Crippen molar-refractivity contribution in [1.29, 1.82) is 0 Å². The first-order valence-electron chi connectivity index (χ1n) is 8.46. The summed E-state index contributed by atoms with van der Waals surface area (Å²) in [7, 11) is 0. The van der Waals surface area contributed by atoms with Gasteiger partial charge in [0, 0.05) is 12.3 Å². The lowest BCUT2D eigenvalue weighted by Gasteiger charge is -2.02. The van der Waals surface area contributed by atoms with Gasteiger partial charge in [0.05, 0.1) is 24.3 Å². The Bertz CT molecular complexity index is 836. The summed E-state index contributed by atoms with van der Waals surface area (Å²) in [5.41, 5.74) is 3.31. The summed E-state index contributed by atoms with van der Waals surface area (Å²) in [6.45, 7) is 4.89. The van der Waals surface area contributed by atoms with Crippen molar-refractivity contribution in [3.8, 4) is 0 Å². The fraction of sp³-hybridized carbons (Fsp3) is 0.316. The van der Waals surface area contributed by atoms with Gasteiger partial charge < -0.3 is 9.84 Å². The molecule has 2 heterocycles. The molecule has 1 amide bonds. The summed E-state index contributed by atoms with van der Waals surface area (Å²) < 4.78 is 6.85. The second kappa shape index (κ2) is 7.79. The number of rotatable bonds is 7. The number of carbonyl (C=O) groups excluding carboxylic acids is 1. The maximum absolute atomic E-state index is 12.6. The molecule has 0 spiro atoms. The van der Waals surface area contributed by atoms with Gasteiger partial charge in [0.1, 0.15) is 11.5 Å². The maximum atomic E-state index is 12.6. The molecule has 6 nitrogen and oxygen atoms in total. The number of carbonyl (C=O) groups is 1. The second-order valence-electron chi connectivity index (χ2n) is 6.03. The van der Waals surface area contributed by atoms with Gasteiger partial charge in [-0.25, -0.2) is 0 Å². The van der Waals surface area contributed by atoms with E-state index in [-0.39, 0.29) is 5.91 Å². The van der Waals surface area contributed by atoms with Crippen molar-refractivity contribution in [2.45, 2.75) is 39.8 Å². The van der Waals surface area contributed by atoms with E-state index in [1.54, 1.807) is 0 Å². The van der Waals surface area contributed by atoms with Gasteiger partial charge in [-0.3, -0.25) is 9.48 Å². The average Bonchev–Trinajstić information content (AvgIpc) is 3.20. The fourth-order valence-corrected chi connectivity index (χ4v) is 2.69. The van der Waals surface area contributed by atoms with Gasteiger partial charge in [-0.05, 0) is 18.9 Å². The van der Waals surface area contributed by atoms with Crippen LogP contribution in [-0.2, 0) is 19.5 Å². The number of amides is 1. The highest BCUT2D eigenvalue weighted by molar-refractivity contribution is 5.95. The van der Waals surface area contributed by atoms with Gasteiger partial charge in [-0.2, -0.15) is 5.10 Å². The Hall–Kier alpha value is -2.89. The van der Waals surface area contributed by atoms with E-state index < -0.39 is 0 Å². The summed E-state index contributed by atoms with van der Waals surface area (Å²) in [6.07, 6.45) is 3.53. The van der Waals surface area contributed by atoms with E-state index in [9.17, 15) is 4.79 Å². The smallest absolute Gasteiger partial charge is 0.255 e. The topological polar surface area (TPSA) is 73.0 Å². The lowest BCUT2D eigenvalue weighted by Crippen LogP contribution is -2.23. The first-order chi connectivity index (χ1) is 12.2. The molecule has 0 radical (unpaired) electrons. The standard InChI is InChI=1S/C19H22N4O2/c1-3-7-18-17(19(24)20-11-16-10-14(2)25-22-16)13-23(21-18)12-15-8-5-4-6-9-15/h4-6,8-10,13H,3,7,11-12H2,1-2H3,(H,20,24). The van der Waals surface area contributed by atoms with Gasteiger partial charge in [-0.15, -0.1) is 0 Å². The molecule has 3 aromatic rings. The Morgan fingerprint density at radius 2 is 2.08 bits per heavy atom. The zero-order chi connectivity index (χ0) is 17.6. The minimum Gasteiger partial charge on any atom is -0.361 e. The molecule has 0 aliphatic carbocycles. The Balaban J connectivity index is 1.73. The number of aromatic nitrogens is 3. The molecular formula is C19H22N4O2. The highest BCUT2D eigenvalue weighted by Crippen LogP contribution is 2.12. The van der Waals surface area contributed by atoms with Crippen LogP contribution < -0.4 is 5.32 Å². The number of hydrogen-bond acceptors (Lipinski definition) is 4. The third kappa shape index (κ3) is 4.35. The summed E-state index contributed by atoms with van der Waals surface area (Å²) in [5.74, 6) is 0.593. The summed E-state index contributed by atoms with van der Waals surface area (Å²) in [4.78, 5) is 12.6. The monoisotopic (exact) mass is 338 g/mol. The second-order valence-corrected chi connectivity index (χ2v) is 6.03. The van der Waals surface area contributed by atoms with Crippen LogP contribution in [0.1, 0.15) is 46.4 Å². The Kier molecular flexibility index (Phi) is 5.28. The third-order valence-corrected chi connectivity index (χ3v) is 3.86. The molecule has 0 unspecified atom stereocenters. The van der Waals surface area contributed by atoms with Crippen molar-refractivity contribution in [2.24, 2.45) is 0 Å². The summed E-state index contributed by atoms with van der Waals surface area (Å²) >= 11 is 0. The molecule has 25 heavy (non-hydrogen) atoms. The summed E-state index contributed by atoms with van der Waals surface area (Å²) in [6, 6.07) is 11.9. The number of nitrogens with zero attached hydrogens (tertiary/aromatic N) is 3. The van der Waals surface area contributed by atoms with Gasteiger partial charge >= 0.3 is 0 Å². The minimum absolute atomic E-state index is 0.136. The lowest BCUT2D eigenvalue weighted by atomic mass is 10.1. The minimum atomic E-state index is -0.136. The third-order valence-electron chi connectivity index (χ3n) is 3.86. The van der Waals surface area contributed by atoms with E-state index >= 15 is 0 Å². The molecule has 2 aromatic heterocycles. The van der Waals surface area contributed by atoms with Crippen molar-refractivity contribution < 1.29 is 9.32 Å². The lowest BCUT2D eigenvalue weighted by molar-refractivity contribution is 0.0949. The van der Waals surface area contributed by atoms with Crippen LogP contribution in [-0.4, -0.2) is 20.8 Å². The molecule has 130 valence electrons. The number of hydrogen-bond donors (Lipinski definition) is 1. The van der Waals surface area contributed by atoms with E-state index in [0.717, 1.165) is 29.9 Å². The van der Waals surface area contributed by atoms with Crippen molar-refractivity contribution >= 4 is 5.91 Å². The van der Waals surface area contributed by atoms with Crippen LogP contribution in [0.5, 0.6) is 0 Å². The average molecular weight is 338 g/mol. The van der Waals surface area contributed by atoms with E-state index in [4.69, 9.17) is 4.52 Å². The zero-order valence-corrected chi connectivity index (χ0v) is 14.5. The van der Waals surface area contributed by atoms with Gasteiger partial charge in [0.25, 0.3) is 5.91 Å². The van der Waals surface area contributed by atoms with E-state index in [1.807, 2.05) is 54.2 Å². The summed E-state index contributed by atoms with van der Waals surface area (Å²) in [5, 5.41) is 11.4. The maximum Gasteiger partial charge on any atom is 0.255 e. The Morgan fingerprint density at radius 3 is 2.76 bits per heavy atom. The van der Waals surface area contributed by atoms with Gasteiger partial charge in [0.15, 0.2) is 0 Å². The highest BCUT2D eigenvalue weighted by Gasteiger charge is 2.16. The highest BCUT2D eigenvalue weighted by atomic mass is 16.5. The van der Waals surface area contributed by atoms with Gasteiger partial charge in [0.2, 0.25) is 0 Å². The quantitative estimate of drug-likeness (QED) is 0.718. The first kappa shape index (κ1) is 17.0. The molecule has 0 fully saturated rings. The van der Waals surface area contributed by atoms with Crippen LogP contribution in [0.25, 0.3) is 0 Å².